The first-order valence-electron chi connectivity index (χ1n) is 23.4. The number of nitrogens with zero attached hydrogens (tertiary/aromatic N) is 9. The molecule has 0 atom stereocenters. The largest absolute Gasteiger partial charge is 0.395 e. The highest BCUT2D eigenvalue weighted by Crippen LogP contribution is 2.30. The zero-order valence-electron chi connectivity index (χ0n) is 41.5. The van der Waals surface area contributed by atoms with Gasteiger partial charge >= 0.3 is 0 Å². The number of hydrogen-bond acceptors (Lipinski definition) is 18. The van der Waals surface area contributed by atoms with Gasteiger partial charge in [-0.15, -0.1) is 0 Å². The number of benzene rings is 2. The summed E-state index contributed by atoms with van der Waals surface area (Å²) < 4.78 is 0. The van der Waals surface area contributed by atoms with E-state index >= 15 is 0 Å². The summed E-state index contributed by atoms with van der Waals surface area (Å²) in [5, 5.41) is 35.2. The van der Waals surface area contributed by atoms with Gasteiger partial charge in [-0.1, -0.05) is 96.6 Å². The quantitative estimate of drug-likeness (QED) is 0.0487. The van der Waals surface area contributed by atoms with Crippen molar-refractivity contribution in [2.75, 3.05) is 105 Å². The number of aliphatic hydroxyl groups is 2. The second kappa shape index (κ2) is 33.6. The number of β-amino-alcohol motifs (C(OH)–C–C–N with tert-alkyl or cyclic N) is 2. The number of hydrogen-bond donors (Lipinski definition) is 7. The number of halogens is 3. The molecule has 0 bridgehead atoms. The van der Waals surface area contributed by atoms with Crippen molar-refractivity contribution < 1.29 is 19.8 Å². The molecule has 76 heavy (non-hydrogen) atoms. The first-order valence-corrected chi connectivity index (χ1v) is 26.1. The molecule has 0 aliphatic carbocycles. The first kappa shape index (κ1) is 65.6. The Morgan fingerprint density at radius 3 is 1.58 bits per heavy atom. The number of rotatable bonds is 15. The SMILES string of the molecule is C.C.Cc1nc(Cl)cc(Nc2ncc(C(=O)Nc3c(C)cccc3Cl)s2)n1.Cc1nc(Nc2ncc(C(=O)Nc3c(C)cccc3Cl)s2)cc(N2CCN(CCO)CC2)n1.OCCN1CCNCC1.[B][B]B([B])B([B])[B]. The smallest absolute Gasteiger partial charge is 0.267 e. The van der Waals surface area contributed by atoms with Crippen LogP contribution in [0.4, 0.5) is 39.1 Å². The lowest BCUT2D eigenvalue weighted by Crippen LogP contribution is -2.47. The van der Waals surface area contributed by atoms with Gasteiger partial charge in [0.15, 0.2) is 10.3 Å². The predicted molar refractivity (Wildman–Crippen MR) is 324 cm³/mol. The summed E-state index contributed by atoms with van der Waals surface area (Å²) >= 11 is 20.7. The molecule has 2 fully saturated rings. The minimum Gasteiger partial charge on any atom is -0.395 e. The van der Waals surface area contributed by atoms with Crippen LogP contribution in [0.15, 0.2) is 60.9 Å². The molecule has 0 spiro atoms. The summed E-state index contributed by atoms with van der Waals surface area (Å²) in [4.78, 5) is 58.5. The molecular formula is C46H61B7Cl3N14O4S2. The Morgan fingerprint density at radius 2 is 1.16 bits per heavy atom. The lowest BCUT2D eigenvalue weighted by Gasteiger charge is -2.35. The number of aliphatic hydroxyl groups excluding tert-OH is 2. The molecule has 0 unspecified atom stereocenters. The lowest BCUT2D eigenvalue weighted by atomic mass is 8.76. The summed E-state index contributed by atoms with van der Waals surface area (Å²) in [5.74, 6) is 2.63. The molecule has 18 nitrogen and oxygen atoms in total. The molecule has 2 amide bonds. The summed E-state index contributed by atoms with van der Waals surface area (Å²) in [6.07, 6.45) is 2.10. The van der Waals surface area contributed by atoms with Gasteiger partial charge in [0, 0.05) is 128 Å². The maximum atomic E-state index is 12.7. The minimum atomic E-state index is -0.537. The van der Waals surface area contributed by atoms with Crippen LogP contribution in [0.2, 0.25) is 15.2 Å². The van der Waals surface area contributed by atoms with E-state index in [1.54, 1.807) is 25.1 Å². The van der Waals surface area contributed by atoms with Crippen molar-refractivity contribution in [2.45, 2.75) is 42.5 Å². The van der Waals surface area contributed by atoms with Crippen molar-refractivity contribution >= 4 is 159 Å². The molecule has 6 heterocycles. The Labute approximate surface area is 477 Å². The van der Waals surface area contributed by atoms with Crippen LogP contribution in [-0.4, -0.2) is 191 Å². The van der Waals surface area contributed by atoms with Crippen LogP contribution in [-0.2, 0) is 0 Å². The highest BCUT2D eigenvalue weighted by Gasteiger charge is 2.20. The Hall–Kier alpha value is -4.68. The number of amides is 2. The van der Waals surface area contributed by atoms with Crippen LogP contribution in [0, 0.1) is 27.7 Å². The van der Waals surface area contributed by atoms with Crippen LogP contribution >= 0.6 is 57.5 Å². The first-order chi connectivity index (χ1) is 35.5. The van der Waals surface area contributed by atoms with E-state index in [0.717, 1.165) is 75.8 Å². The molecule has 2 saturated heterocycles. The summed E-state index contributed by atoms with van der Waals surface area (Å²) in [6.45, 7) is 17.1. The van der Waals surface area contributed by atoms with Crippen LogP contribution in [0.25, 0.3) is 0 Å². The topological polar surface area (TPSA) is 222 Å². The van der Waals surface area contributed by atoms with Crippen molar-refractivity contribution in [1.29, 1.82) is 0 Å². The third-order valence-corrected chi connectivity index (χ3v) is 13.5. The number of nitrogens with one attached hydrogen (secondary N) is 5. The number of aryl methyl sites for hydroxylation is 4. The van der Waals surface area contributed by atoms with E-state index in [1.807, 2.05) is 51.1 Å². The van der Waals surface area contributed by atoms with Gasteiger partial charge in [-0.05, 0) is 51.0 Å². The highest BCUT2D eigenvalue weighted by atomic mass is 35.5. The molecule has 30 heteroatoms. The fraction of sp³-hybridized carbons (Fsp3) is 0.391. The van der Waals surface area contributed by atoms with E-state index < -0.39 is 6.39 Å². The second-order valence-electron chi connectivity index (χ2n) is 16.6. The van der Waals surface area contributed by atoms with E-state index in [-0.39, 0.29) is 39.7 Å². The van der Waals surface area contributed by atoms with E-state index in [1.165, 1.54) is 42.1 Å². The third kappa shape index (κ3) is 21.3. The van der Waals surface area contributed by atoms with Gasteiger partial charge in [-0.25, -0.2) is 29.9 Å². The van der Waals surface area contributed by atoms with E-state index in [0.29, 0.717) is 83.0 Å². The van der Waals surface area contributed by atoms with Gasteiger partial charge in [0.1, 0.15) is 44.0 Å². The average molecular weight is 1120 g/mol. The third-order valence-electron chi connectivity index (χ3n) is 10.9. The van der Waals surface area contributed by atoms with Crippen molar-refractivity contribution in [3.05, 3.63) is 109 Å². The van der Waals surface area contributed by atoms with Crippen molar-refractivity contribution in [3.8, 4) is 0 Å². The molecule has 6 aromatic rings. The van der Waals surface area contributed by atoms with E-state index in [4.69, 9.17) is 76.0 Å². The molecule has 0 saturated carbocycles. The molecule has 2 aromatic carbocycles. The van der Waals surface area contributed by atoms with Gasteiger partial charge in [0.25, 0.3) is 11.8 Å². The summed E-state index contributed by atoms with van der Waals surface area (Å²) in [5.41, 5.74) is 2.97. The minimum absolute atomic E-state index is 0. The molecular weight excluding hydrogens is 1060 g/mol. The Morgan fingerprint density at radius 1 is 0.697 bits per heavy atom. The fourth-order valence-electron chi connectivity index (χ4n) is 6.94. The van der Waals surface area contributed by atoms with Crippen LogP contribution in [0.5, 0.6) is 0 Å². The lowest BCUT2D eigenvalue weighted by molar-refractivity contribution is 0.102. The zero-order chi connectivity index (χ0) is 53.7. The standard InChI is InChI=1S/C22H26ClN7O2S.C16H13Cl2N5OS.C6H14N2O.2CH4.B7/c1-14-4-3-5-16(23)20(14)28-21(32)17-13-24-22(33-17)27-18-12-19(26-15(2)25-18)30-8-6-29(7-9-30)10-11-31;1-8-4-3-5-10(17)14(8)23-15(24)11-7-19-16(25-11)22-13-6-12(18)20-9(2)21-13;9-6-5-8-3-1-7-2-4-8;;;1-5-7(4)6(2)3/h3-5,12-13,31H,6-11H2,1-2H3,(H,28,32)(H,24,25,26,27);3-7H,1-2H3,(H,23,24)(H,19,20,21,22);7,9H,1-6H2;2*1H4;. The predicted octanol–water partition coefficient (Wildman–Crippen LogP) is 5.66. The maximum absolute atomic E-state index is 12.7. The highest BCUT2D eigenvalue weighted by molar-refractivity contribution is 7.81. The second-order valence-corrected chi connectivity index (χ2v) is 19.8. The number of carbonyl (C=O) groups is 2. The Bertz CT molecular complexity index is 2680. The van der Waals surface area contributed by atoms with E-state index in [2.05, 4.69) is 71.2 Å². The van der Waals surface area contributed by atoms with Crippen molar-refractivity contribution in [3.63, 3.8) is 0 Å². The fourth-order valence-corrected chi connectivity index (χ4v) is 9.14. The Balaban J connectivity index is 0.000000310. The zero-order valence-corrected chi connectivity index (χ0v) is 45.4. The normalized spacial score (nSPS) is 13.0. The molecule has 7 N–H and O–H groups in total. The van der Waals surface area contributed by atoms with Crippen LogP contribution < -0.4 is 31.5 Å². The van der Waals surface area contributed by atoms with Gasteiger partial charge in [0.05, 0.1) is 47.0 Å². The number of anilines is 7. The number of para-hydroxylation sites is 2. The number of thiazole rings is 2. The monoisotopic (exact) mass is 1120 g/mol. The molecule has 9 radical (unpaired) electrons. The number of aromatic nitrogens is 6. The maximum Gasteiger partial charge on any atom is 0.267 e. The van der Waals surface area contributed by atoms with Crippen LogP contribution in [0.1, 0.15) is 57.0 Å². The molecule has 2 aliphatic rings. The average Bonchev–Trinajstić information content (AvgIpc) is 4.05. The number of carbonyl (C=O) groups excluding carboxylic acids is 2. The molecule has 8 rings (SSSR count). The molecule has 2 aliphatic heterocycles. The van der Waals surface area contributed by atoms with Gasteiger partial charge in [0.2, 0.25) is 0 Å². The van der Waals surface area contributed by atoms with E-state index in [9.17, 15) is 9.59 Å². The van der Waals surface area contributed by atoms with Crippen LogP contribution in [0.3, 0.4) is 0 Å². The summed E-state index contributed by atoms with van der Waals surface area (Å²) in [7, 11) is 21.6. The molecule has 4 aromatic heterocycles. The Kier molecular flexibility index (Phi) is 29.0. The van der Waals surface area contributed by atoms with Crippen molar-refractivity contribution in [2.24, 2.45) is 0 Å². The van der Waals surface area contributed by atoms with Gasteiger partial charge in [-0.2, -0.15) is 0 Å². The van der Waals surface area contributed by atoms with Gasteiger partial charge in [-0.3, -0.25) is 19.4 Å². The van der Waals surface area contributed by atoms with Gasteiger partial charge < -0.3 is 41.7 Å². The summed E-state index contributed by atoms with van der Waals surface area (Å²) in [6, 6.07) is 14.4. The number of piperazine rings is 2. The molecule has 393 valence electrons. The van der Waals surface area contributed by atoms with Crippen molar-refractivity contribution in [1.82, 2.24) is 45.0 Å².